The van der Waals surface area contributed by atoms with E-state index in [1.165, 1.54) is 5.06 Å². The van der Waals surface area contributed by atoms with Gasteiger partial charge in [-0.2, -0.15) is 5.06 Å². The Balaban J connectivity index is 2.60. The summed E-state index contributed by atoms with van der Waals surface area (Å²) in [5, 5.41) is 29.6. The van der Waals surface area contributed by atoms with Crippen LogP contribution < -0.4 is 0 Å². The summed E-state index contributed by atoms with van der Waals surface area (Å²) < 4.78 is 5.17. The Hall–Kier alpha value is -0.240. The number of aliphatic hydroxyl groups excluding tert-OH is 3. The van der Waals surface area contributed by atoms with E-state index < -0.39 is 30.7 Å². The molecule has 5 atom stereocenters. The molecule has 0 radical (unpaired) electrons. The number of hydroxylamine groups is 2. The number of hydrogen-bond donors (Lipinski definition) is 3. The largest absolute Gasteiger partial charge is 0.388 e. The fourth-order valence-electron chi connectivity index (χ4n) is 1.31. The molecule has 0 unspecified atom stereocenters. The molecule has 1 aliphatic heterocycles. The quantitative estimate of drug-likeness (QED) is 0.469. The van der Waals surface area contributed by atoms with Crippen LogP contribution in [0.5, 0.6) is 0 Å². The summed E-state index contributed by atoms with van der Waals surface area (Å²) in [5.74, 6) is 0. The highest BCUT2D eigenvalue weighted by Crippen LogP contribution is 2.21. The van der Waals surface area contributed by atoms with Crippen molar-refractivity contribution >= 4 is 0 Å². The summed E-state index contributed by atoms with van der Waals surface area (Å²) in [6, 6.07) is 0. The van der Waals surface area contributed by atoms with Crippen LogP contribution in [0, 0.1) is 0 Å². The van der Waals surface area contributed by atoms with Crippen LogP contribution in [0.4, 0.5) is 0 Å². The third-order valence-electron chi connectivity index (χ3n) is 2.12. The van der Waals surface area contributed by atoms with E-state index in [0.29, 0.717) is 0 Å². The van der Waals surface area contributed by atoms with Gasteiger partial charge in [-0.15, -0.1) is 0 Å². The minimum Gasteiger partial charge on any atom is -0.388 e. The van der Waals surface area contributed by atoms with Gasteiger partial charge in [0, 0.05) is 14.1 Å². The molecule has 0 aromatic carbocycles. The summed E-state index contributed by atoms with van der Waals surface area (Å²) >= 11 is 0. The smallest absolute Gasteiger partial charge is 0.206 e. The molecule has 0 aromatic heterocycles. The van der Waals surface area contributed by atoms with Crippen molar-refractivity contribution in [3.8, 4) is 0 Å². The Bertz CT molecular complexity index is 189. The van der Waals surface area contributed by atoms with Crippen molar-refractivity contribution in [2.24, 2.45) is 0 Å². The molecule has 84 valence electrons. The standard InChI is InChI=1S/C8H17NO5/c1-4-5(10)6(11)7(12)8(13-4)14-9(2)3/h4-8,10-12H,1-3H3/t4-,5-,6-,7+,8-/m0/s1. The second-order valence-electron chi connectivity index (χ2n) is 3.60. The predicted octanol–water partition coefficient (Wildman–Crippen LogP) is -1.69. The zero-order valence-electron chi connectivity index (χ0n) is 8.49. The Morgan fingerprint density at radius 3 is 2.14 bits per heavy atom. The first kappa shape index (κ1) is 11.8. The highest BCUT2D eigenvalue weighted by molar-refractivity contribution is 4.86. The Kier molecular flexibility index (Phi) is 3.82. The minimum atomic E-state index is -1.25. The zero-order valence-corrected chi connectivity index (χ0v) is 8.49. The number of rotatable bonds is 2. The van der Waals surface area contributed by atoms with Gasteiger partial charge >= 0.3 is 0 Å². The molecule has 1 heterocycles. The summed E-state index contributed by atoms with van der Waals surface area (Å²) in [6.45, 7) is 1.60. The summed E-state index contributed by atoms with van der Waals surface area (Å²) in [4.78, 5) is 5.08. The molecule has 0 aromatic rings. The van der Waals surface area contributed by atoms with E-state index in [1.807, 2.05) is 0 Å². The predicted molar refractivity (Wildman–Crippen MR) is 47.1 cm³/mol. The van der Waals surface area contributed by atoms with Gasteiger partial charge in [-0.25, -0.2) is 0 Å². The van der Waals surface area contributed by atoms with Crippen molar-refractivity contribution in [1.29, 1.82) is 0 Å². The SMILES string of the molecule is C[C@@H]1O[C@@H](ON(C)C)[C@H](O)[C@@H](O)[C@H]1O. The van der Waals surface area contributed by atoms with Crippen LogP contribution in [-0.4, -0.2) is 65.2 Å². The van der Waals surface area contributed by atoms with Gasteiger partial charge in [0.2, 0.25) is 6.29 Å². The third kappa shape index (κ3) is 2.41. The van der Waals surface area contributed by atoms with Crippen LogP contribution in [0.25, 0.3) is 0 Å². The lowest BCUT2D eigenvalue weighted by Crippen LogP contribution is -2.58. The van der Waals surface area contributed by atoms with Crippen molar-refractivity contribution in [3.63, 3.8) is 0 Å². The van der Waals surface area contributed by atoms with Gasteiger partial charge in [-0.1, -0.05) is 0 Å². The monoisotopic (exact) mass is 207 g/mol. The van der Waals surface area contributed by atoms with Gasteiger partial charge in [0.25, 0.3) is 0 Å². The van der Waals surface area contributed by atoms with E-state index in [0.717, 1.165) is 0 Å². The molecule has 1 rings (SSSR count). The lowest BCUT2D eigenvalue weighted by molar-refractivity contribution is -0.347. The lowest BCUT2D eigenvalue weighted by Gasteiger charge is -2.39. The van der Waals surface area contributed by atoms with Gasteiger partial charge in [-0.05, 0) is 6.92 Å². The molecule has 6 heteroatoms. The van der Waals surface area contributed by atoms with Crippen LogP contribution in [-0.2, 0) is 9.57 Å². The Morgan fingerprint density at radius 1 is 1.07 bits per heavy atom. The van der Waals surface area contributed by atoms with Gasteiger partial charge < -0.3 is 20.1 Å². The van der Waals surface area contributed by atoms with Gasteiger partial charge in [0.1, 0.15) is 18.3 Å². The molecule has 0 bridgehead atoms. The van der Waals surface area contributed by atoms with Gasteiger partial charge in [0.05, 0.1) is 6.10 Å². The number of aliphatic hydroxyl groups is 3. The average molecular weight is 207 g/mol. The molecule has 1 aliphatic rings. The highest BCUT2D eigenvalue weighted by atomic mass is 16.8. The van der Waals surface area contributed by atoms with E-state index in [-0.39, 0.29) is 0 Å². The molecule has 1 fully saturated rings. The first-order valence-corrected chi connectivity index (χ1v) is 4.47. The van der Waals surface area contributed by atoms with Gasteiger partial charge in [0.15, 0.2) is 0 Å². The molecular weight excluding hydrogens is 190 g/mol. The minimum absolute atomic E-state index is 0.571. The molecule has 0 aliphatic carbocycles. The van der Waals surface area contributed by atoms with Crippen molar-refractivity contribution in [2.45, 2.75) is 37.6 Å². The zero-order chi connectivity index (χ0) is 10.9. The summed E-state index contributed by atoms with van der Waals surface area (Å²) in [6.07, 6.45) is -5.10. The molecule has 1 saturated heterocycles. The number of ether oxygens (including phenoxy) is 1. The van der Waals surface area contributed by atoms with Crippen LogP contribution in [0.2, 0.25) is 0 Å². The van der Waals surface area contributed by atoms with Crippen molar-refractivity contribution in [3.05, 3.63) is 0 Å². The summed E-state index contributed by atoms with van der Waals surface area (Å²) in [5.41, 5.74) is 0. The fourth-order valence-corrected chi connectivity index (χ4v) is 1.31. The van der Waals surface area contributed by atoms with E-state index >= 15 is 0 Å². The van der Waals surface area contributed by atoms with E-state index in [9.17, 15) is 15.3 Å². The maximum absolute atomic E-state index is 9.49. The van der Waals surface area contributed by atoms with Crippen LogP contribution in [0.15, 0.2) is 0 Å². The fraction of sp³-hybridized carbons (Fsp3) is 1.00. The Morgan fingerprint density at radius 2 is 1.64 bits per heavy atom. The second kappa shape index (κ2) is 4.52. The molecule has 14 heavy (non-hydrogen) atoms. The molecule has 6 nitrogen and oxygen atoms in total. The lowest BCUT2D eigenvalue weighted by atomic mass is 10.0. The van der Waals surface area contributed by atoms with Crippen LogP contribution >= 0.6 is 0 Å². The van der Waals surface area contributed by atoms with Crippen molar-refractivity contribution < 1.29 is 24.9 Å². The third-order valence-corrected chi connectivity index (χ3v) is 2.12. The molecular formula is C8H17NO5. The van der Waals surface area contributed by atoms with Crippen LogP contribution in [0.1, 0.15) is 6.92 Å². The molecule has 0 spiro atoms. The maximum Gasteiger partial charge on any atom is 0.206 e. The number of nitrogens with zero attached hydrogens (tertiary/aromatic N) is 1. The summed E-state index contributed by atoms with van der Waals surface area (Å²) in [7, 11) is 3.27. The Labute approximate surface area is 82.6 Å². The topological polar surface area (TPSA) is 82.4 Å². The first-order valence-electron chi connectivity index (χ1n) is 4.47. The molecule has 0 amide bonds. The van der Waals surface area contributed by atoms with Crippen molar-refractivity contribution in [2.75, 3.05) is 14.1 Å². The van der Waals surface area contributed by atoms with Gasteiger partial charge in [-0.3, -0.25) is 4.84 Å². The second-order valence-corrected chi connectivity index (χ2v) is 3.60. The van der Waals surface area contributed by atoms with E-state index in [2.05, 4.69) is 0 Å². The highest BCUT2D eigenvalue weighted by Gasteiger charge is 2.42. The van der Waals surface area contributed by atoms with E-state index in [4.69, 9.17) is 9.57 Å². The normalized spacial score (nSPS) is 44.4. The first-order chi connectivity index (χ1) is 6.43. The van der Waals surface area contributed by atoms with E-state index in [1.54, 1.807) is 21.0 Å². The molecule has 0 saturated carbocycles. The maximum atomic E-state index is 9.49. The average Bonchev–Trinajstić information content (AvgIpc) is 2.10. The molecule has 3 N–H and O–H groups in total. The number of hydrogen-bond acceptors (Lipinski definition) is 6. The van der Waals surface area contributed by atoms with Crippen LogP contribution in [0.3, 0.4) is 0 Å². The van der Waals surface area contributed by atoms with Crippen molar-refractivity contribution in [1.82, 2.24) is 5.06 Å².